The van der Waals surface area contributed by atoms with Crippen LogP contribution in [0, 0.1) is 12.3 Å². The molecule has 0 aliphatic heterocycles. The number of unbranched alkanes of at least 4 members (excludes halogenated alkanes) is 3. The lowest BCUT2D eigenvalue weighted by atomic mass is 9.85. The molecule has 1 rings (SSSR count). The van der Waals surface area contributed by atoms with Crippen molar-refractivity contribution < 1.29 is 0 Å². The predicted octanol–water partition coefficient (Wildman–Crippen LogP) is 4.35. The standard InChI is InChI=1S/C12H23/c1-2-3-4-6-9-12-10-7-5-8-11-12/h10,12H,2-9,11H2,1H3. The van der Waals surface area contributed by atoms with E-state index in [1.54, 1.807) is 0 Å². The van der Waals surface area contributed by atoms with Crippen molar-refractivity contribution in [3.63, 3.8) is 0 Å². The molecule has 1 aliphatic rings. The monoisotopic (exact) mass is 167 g/mol. The minimum absolute atomic E-state index is 0.982. The van der Waals surface area contributed by atoms with Crippen LogP contribution in [-0.4, -0.2) is 0 Å². The van der Waals surface area contributed by atoms with Gasteiger partial charge in [0.25, 0.3) is 0 Å². The molecule has 0 bridgehead atoms. The predicted molar refractivity (Wildman–Crippen MR) is 55.0 cm³/mol. The van der Waals surface area contributed by atoms with E-state index in [2.05, 4.69) is 13.3 Å². The molecule has 0 N–H and O–H groups in total. The maximum absolute atomic E-state index is 2.56. The summed E-state index contributed by atoms with van der Waals surface area (Å²) < 4.78 is 0. The Morgan fingerprint density at radius 3 is 2.75 bits per heavy atom. The lowest BCUT2D eigenvalue weighted by Crippen LogP contribution is -2.06. The van der Waals surface area contributed by atoms with E-state index in [1.807, 2.05) is 0 Å². The summed E-state index contributed by atoms with van der Waals surface area (Å²) in [5.41, 5.74) is 0. The first-order chi connectivity index (χ1) is 5.93. The Kier molecular flexibility index (Phi) is 5.47. The van der Waals surface area contributed by atoms with Gasteiger partial charge in [-0.3, -0.25) is 0 Å². The van der Waals surface area contributed by atoms with Crippen LogP contribution in [0.2, 0.25) is 0 Å². The van der Waals surface area contributed by atoms with Gasteiger partial charge in [0, 0.05) is 0 Å². The van der Waals surface area contributed by atoms with Crippen LogP contribution in [0.4, 0.5) is 0 Å². The molecule has 1 atom stereocenters. The van der Waals surface area contributed by atoms with Gasteiger partial charge < -0.3 is 0 Å². The van der Waals surface area contributed by atoms with Crippen molar-refractivity contribution >= 4 is 0 Å². The second-order valence-corrected chi connectivity index (χ2v) is 4.13. The smallest absolute Gasteiger partial charge is 0.0355 e. The summed E-state index contributed by atoms with van der Waals surface area (Å²) in [7, 11) is 0. The van der Waals surface area contributed by atoms with Crippen molar-refractivity contribution in [2.24, 2.45) is 5.92 Å². The summed E-state index contributed by atoms with van der Waals surface area (Å²) in [4.78, 5) is 0. The molecule has 1 saturated carbocycles. The molecule has 1 fully saturated rings. The Bertz CT molecular complexity index is 90.2. The maximum atomic E-state index is 2.56. The minimum Gasteiger partial charge on any atom is -0.0654 e. The SMILES string of the molecule is CCCCCCC1[CH]CCCC1. The first-order valence-electron chi connectivity index (χ1n) is 5.77. The molecule has 0 heterocycles. The van der Waals surface area contributed by atoms with Gasteiger partial charge in [-0.1, -0.05) is 58.3 Å². The van der Waals surface area contributed by atoms with Crippen LogP contribution < -0.4 is 0 Å². The van der Waals surface area contributed by atoms with E-state index in [9.17, 15) is 0 Å². The van der Waals surface area contributed by atoms with Crippen molar-refractivity contribution in [2.45, 2.75) is 64.7 Å². The third kappa shape index (κ3) is 4.13. The first kappa shape index (κ1) is 10.1. The van der Waals surface area contributed by atoms with Gasteiger partial charge in [0.05, 0.1) is 0 Å². The Labute approximate surface area is 77.7 Å². The Morgan fingerprint density at radius 2 is 2.08 bits per heavy atom. The summed E-state index contributed by atoms with van der Waals surface area (Å²) in [5, 5.41) is 0. The number of rotatable bonds is 5. The summed E-state index contributed by atoms with van der Waals surface area (Å²) in [6.45, 7) is 2.28. The zero-order valence-electron chi connectivity index (χ0n) is 8.52. The minimum atomic E-state index is 0.982. The van der Waals surface area contributed by atoms with E-state index in [-0.39, 0.29) is 0 Å². The zero-order chi connectivity index (χ0) is 8.65. The fourth-order valence-electron chi connectivity index (χ4n) is 2.12. The Morgan fingerprint density at radius 1 is 1.17 bits per heavy atom. The van der Waals surface area contributed by atoms with Crippen LogP contribution in [0.15, 0.2) is 0 Å². The molecule has 0 amide bonds. The highest BCUT2D eigenvalue weighted by Crippen LogP contribution is 2.27. The van der Waals surface area contributed by atoms with Gasteiger partial charge in [-0.15, -0.1) is 0 Å². The lowest BCUT2D eigenvalue weighted by molar-refractivity contribution is 0.404. The highest BCUT2D eigenvalue weighted by molar-refractivity contribution is 4.80. The Balaban J connectivity index is 1.91. The summed E-state index contributed by atoms with van der Waals surface area (Å²) in [6, 6.07) is 0. The highest BCUT2D eigenvalue weighted by atomic mass is 14.2. The van der Waals surface area contributed by atoms with Crippen molar-refractivity contribution in [1.29, 1.82) is 0 Å². The van der Waals surface area contributed by atoms with Gasteiger partial charge >= 0.3 is 0 Å². The van der Waals surface area contributed by atoms with E-state index < -0.39 is 0 Å². The average Bonchev–Trinajstić information content (AvgIpc) is 2.14. The third-order valence-electron chi connectivity index (χ3n) is 2.96. The fourth-order valence-corrected chi connectivity index (χ4v) is 2.12. The largest absolute Gasteiger partial charge is 0.0654 e. The van der Waals surface area contributed by atoms with Crippen LogP contribution in [-0.2, 0) is 0 Å². The summed E-state index contributed by atoms with van der Waals surface area (Å²) >= 11 is 0. The number of hydrogen-bond donors (Lipinski definition) is 0. The molecule has 1 aliphatic carbocycles. The van der Waals surface area contributed by atoms with Crippen molar-refractivity contribution in [2.75, 3.05) is 0 Å². The molecule has 0 heteroatoms. The Hall–Kier alpha value is 0. The molecule has 0 aromatic rings. The molecule has 12 heavy (non-hydrogen) atoms. The van der Waals surface area contributed by atoms with E-state index in [1.165, 1.54) is 57.8 Å². The fraction of sp³-hybridized carbons (Fsp3) is 0.917. The van der Waals surface area contributed by atoms with Gasteiger partial charge in [0.2, 0.25) is 0 Å². The summed E-state index contributed by atoms with van der Waals surface area (Å²) in [6.07, 6.45) is 15.6. The van der Waals surface area contributed by atoms with Crippen LogP contribution in [0.1, 0.15) is 64.7 Å². The molecular formula is C12H23. The summed E-state index contributed by atoms with van der Waals surface area (Å²) in [5.74, 6) is 0.982. The molecule has 0 nitrogen and oxygen atoms in total. The quantitative estimate of drug-likeness (QED) is 0.534. The molecular weight excluding hydrogens is 144 g/mol. The van der Waals surface area contributed by atoms with E-state index in [4.69, 9.17) is 0 Å². The second-order valence-electron chi connectivity index (χ2n) is 4.13. The van der Waals surface area contributed by atoms with Gasteiger partial charge in [0.15, 0.2) is 0 Å². The average molecular weight is 167 g/mol. The normalized spacial score (nSPS) is 19.8. The second kappa shape index (κ2) is 6.51. The molecule has 0 spiro atoms. The van der Waals surface area contributed by atoms with Crippen LogP contribution in [0.5, 0.6) is 0 Å². The van der Waals surface area contributed by atoms with Gasteiger partial charge in [-0.05, 0) is 18.8 Å². The van der Waals surface area contributed by atoms with Crippen molar-refractivity contribution in [3.05, 3.63) is 6.42 Å². The zero-order valence-corrected chi connectivity index (χ0v) is 8.52. The molecule has 0 aromatic carbocycles. The first-order valence-corrected chi connectivity index (χ1v) is 5.77. The molecule has 1 unspecified atom stereocenters. The molecule has 0 saturated heterocycles. The molecule has 0 aromatic heterocycles. The van der Waals surface area contributed by atoms with Crippen molar-refractivity contribution in [3.8, 4) is 0 Å². The van der Waals surface area contributed by atoms with Crippen LogP contribution in [0.3, 0.4) is 0 Å². The lowest BCUT2D eigenvalue weighted by Gasteiger charge is -2.20. The van der Waals surface area contributed by atoms with Crippen LogP contribution in [0.25, 0.3) is 0 Å². The van der Waals surface area contributed by atoms with Gasteiger partial charge in [-0.25, -0.2) is 0 Å². The van der Waals surface area contributed by atoms with Crippen molar-refractivity contribution in [1.82, 2.24) is 0 Å². The van der Waals surface area contributed by atoms with E-state index >= 15 is 0 Å². The third-order valence-corrected chi connectivity index (χ3v) is 2.96. The topological polar surface area (TPSA) is 0 Å². The van der Waals surface area contributed by atoms with E-state index in [0.29, 0.717) is 0 Å². The molecule has 71 valence electrons. The van der Waals surface area contributed by atoms with Gasteiger partial charge in [-0.2, -0.15) is 0 Å². The van der Waals surface area contributed by atoms with Crippen LogP contribution >= 0.6 is 0 Å². The maximum Gasteiger partial charge on any atom is -0.0355 e. The highest BCUT2D eigenvalue weighted by Gasteiger charge is 2.12. The van der Waals surface area contributed by atoms with Gasteiger partial charge in [0.1, 0.15) is 0 Å². The molecule has 1 radical (unpaired) electrons. The number of hydrogen-bond acceptors (Lipinski definition) is 0. The van der Waals surface area contributed by atoms with E-state index in [0.717, 1.165) is 5.92 Å².